The Kier molecular flexibility index (Phi) is 12.5. The average Bonchev–Trinajstić information content (AvgIpc) is 3.19. The zero-order chi connectivity index (χ0) is 28.2. The van der Waals surface area contributed by atoms with Gasteiger partial charge in [-0.1, -0.05) is 19.3 Å². The third kappa shape index (κ3) is 11.3. The maximum atomic E-state index is 11.1. The van der Waals surface area contributed by atoms with Crippen LogP contribution in [0.5, 0.6) is 0 Å². The minimum atomic E-state index is -3.95. The third-order valence-electron chi connectivity index (χ3n) is 8.83. The van der Waals surface area contributed by atoms with E-state index in [1.807, 2.05) is 6.07 Å². The van der Waals surface area contributed by atoms with Gasteiger partial charge < -0.3 is 31.5 Å². The van der Waals surface area contributed by atoms with Crippen molar-refractivity contribution in [2.45, 2.75) is 76.7 Å². The standard InChI is InChI=1S/C28H52N8O3S/c29-26-20-27(36-15-5-14-35(16-17-36)18-19-40(37,38)39)34-28(33-26)32-22-24-10-8-23(9-11-24)21-30-12-4-13-31-25-6-2-1-3-7-25/h20,23-25,30-31H,1-19,21-22H2,(H,37,38,39)(H3,29,32,33,34). The Morgan fingerprint density at radius 2 is 1.65 bits per heavy atom. The van der Waals surface area contributed by atoms with E-state index in [0.29, 0.717) is 30.8 Å². The lowest BCUT2D eigenvalue weighted by atomic mass is 9.82. The summed E-state index contributed by atoms with van der Waals surface area (Å²) < 4.78 is 31.3. The molecule has 0 atom stereocenters. The van der Waals surface area contributed by atoms with Crippen LogP contribution in [0.3, 0.4) is 0 Å². The molecule has 2 saturated carbocycles. The fourth-order valence-corrected chi connectivity index (χ4v) is 6.86. The van der Waals surface area contributed by atoms with Crippen molar-refractivity contribution in [3.63, 3.8) is 0 Å². The number of rotatable bonds is 14. The Balaban J connectivity index is 1.11. The first-order chi connectivity index (χ1) is 19.3. The van der Waals surface area contributed by atoms with Crippen LogP contribution in [0.2, 0.25) is 0 Å². The van der Waals surface area contributed by atoms with Gasteiger partial charge in [0.15, 0.2) is 0 Å². The molecule has 40 heavy (non-hydrogen) atoms. The van der Waals surface area contributed by atoms with Gasteiger partial charge in [0, 0.05) is 44.8 Å². The van der Waals surface area contributed by atoms with Crippen molar-refractivity contribution in [1.82, 2.24) is 25.5 Å². The van der Waals surface area contributed by atoms with Crippen molar-refractivity contribution in [3.05, 3.63) is 6.07 Å². The summed E-state index contributed by atoms with van der Waals surface area (Å²) in [7, 11) is -3.95. The number of nitrogens with two attached hydrogens (primary N) is 1. The zero-order valence-corrected chi connectivity index (χ0v) is 25.0. The number of hydrogen-bond acceptors (Lipinski definition) is 10. The van der Waals surface area contributed by atoms with Gasteiger partial charge in [-0.2, -0.15) is 18.4 Å². The highest BCUT2D eigenvalue weighted by Gasteiger charge is 2.22. The second kappa shape index (κ2) is 16.1. The van der Waals surface area contributed by atoms with E-state index in [1.54, 1.807) is 0 Å². The van der Waals surface area contributed by atoms with E-state index in [0.717, 1.165) is 70.0 Å². The highest BCUT2D eigenvalue weighted by atomic mass is 32.2. The van der Waals surface area contributed by atoms with E-state index in [-0.39, 0.29) is 5.75 Å². The summed E-state index contributed by atoms with van der Waals surface area (Å²) in [5.41, 5.74) is 6.14. The van der Waals surface area contributed by atoms with Gasteiger partial charge in [0.05, 0.1) is 5.75 Å². The molecule has 0 aromatic carbocycles. The van der Waals surface area contributed by atoms with E-state index >= 15 is 0 Å². The fourth-order valence-electron chi connectivity index (χ4n) is 6.37. The summed E-state index contributed by atoms with van der Waals surface area (Å²) in [5.74, 6) is 2.99. The number of nitrogen functional groups attached to an aromatic ring is 1. The van der Waals surface area contributed by atoms with Gasteiger partial charge >= 0.3 is 0 Å². The van der Waals surface area contributed by atoms with Gasteiger partial charge in [-0.25, -0.2) is 0 Å². The largest absolute Gasteiger partial charge is 0.383 e. The molecule has 0 spiro atoms. The van der Waals surface area contributed by atoms with Crippen molar-refractivity contribution < 1.29 is 13.0 Å². The van der Waals surface area contributed by atoms with Gasteiger partial charge in [0.2, 0.25) is 5.95 Å². The number of nitrogens with one attached hydrogen (secondary N) is 3. The first-order valence-electron chi connectivity index (χ1n) is 15.6. The molecular weight excluding hydrogens is 528 g/mol. The van der Waals surface area contributed by atoms with Gasteiger partial charge in [-0.15, -0.1) is 0 Å². The van der Waals surface area contributed by atoms with Crippen LogP contribution in [-0.4, -0.2) is 98.5 Å². The quantitative estimate of drug-likeness (QED) is 0.163. The maximum Gasteiger partial charge on any atom is 0.266 e. The lowest BCUT2D eigenvalue weighted by Gasteiger charge is -2.29. The van der Waals surface area contributed by atoms with Crippen LogP contribution in [0, 0.1) is 11.8 Å². The summed E-state index contributed by atoms with van der Waals surface area (Å²) in [6.07, 6.45) is 14.0. The highest BCUT2D eigenvalue weighted by Crippen LogP contribution is 2.29. The summed E-state index contributed by atoms with van der Waals surface area (Å²) in [6.45, 7) is 7.59. The normalized spacial score (nSPS) is 23.7. The van der Waals surface area contributed by atoms with Gasteiger partial charge in [-0.05, 0) is 89.4 Å². The molecule has 1 aromatic heterocycles. The van der Waals surface area contributed by atoms with Crippen molar-refractivity contribution in [2.75, 3.05) is 80.6 Å². The Morgan fingerprint density at radius 1 is 0.900 bits per heavy atom. The Bertz CT molecular complexity index is 984. The van der Waals surface area contributed by atoms with Gasteiger partial charge in [0.1, 0.15) is 11.6 Å². The first-order valence-corrected chi connectivity index (χ1v) is 17.2. The summed E-state index contributed by atoms with van der Waals surface area (Å²) in [5, 5.41) is 10.9. The predicted octanol–water partition coefficient (Wildman–Crippen LogP) is 2.58. The molecule has 4 rings (SSSR count). The molecule has 0 radical (unpaired) electrons. The number of hydrogen-bond donors (Lipinski definition) is 5. The summed E-state index contributed by atoms with van der Waals surface area (Å²) in [6, 6.07) is 2.57. The predicted molar refractivity (Wildman–Crippen MR) is 162 cm³/mol. The Morgan fingerprint density at radius 3 is 2.40 bits per heavy atom. The molecule has 11 nitrogen and oxygen atoms in total. The molecule has 1 aromatic rings. The molecule has 3 aliphatic rings. The Labute approximate surface area is 241 Å². The van der Waals surface area contributed by atoms with E-state index in [9.17, 15) is 8.42 Å². The topological polar surface area (TPSA) is 149 Å². The second-order valence-electron chi connectivity index (χ2n) is 12.1. The van der Waals surface area contributed by atoms with Crippen molar-refractivity contribution >= 4 is 27.7 Å². The van der Waals surface area contributed by atoms with E-state index in [1.165, 1.54) is 64.2 Å². The van der Waals surface area contributed by atoms with Crippen LogP contribution in [0.25, 0.3) is 0 Å². The van der Waals surface area contributed by atoms with E-state index in [4.69, 9.17) is 15.3 Å². The number of aromatic nitrogens is 2. The smallest absolute Gasteiger partial charge is 0.266 e. The molecule has 6 N–H and O–H groups in total. The van der Waals surface area contributed by atoms with Crippen molar-refractivity contribution in [2.24, 2.45) is 11.8 Å². The lowest BCUT2D eigenvalue weighted by molar-refractivity contribution is 0.275. The van der Waals surface area contributed by atoms with Gasteiger partial charge in [0.25, 0.3) is 10.1 Å². The van der Waals surface area contributed by atoms with Crippen LogP contribution >= 0.6 is 0 Å². The molecular formula is C28H52N8O3S. The van der Waals surface area contributed by atoms with Gasteiger partial charge in [-0.3, -0.25) is 4.55 Å². The van der Waals surface area contributed by atoms with Crippen molar-refractivity contribution in [3.8, 4) is 0 Å². The molecule has 2 heterocycles. The van der Waals surface area contributed by atoms with Crippen LogP contribution in [0.4, 0.5) is 17.6 Å². The van der Waals surface area contributed by atoms with E-state index in [2.05, 4.69) is 30.7 Å². The molecule has 0 amide bonds. The first kappa shape index (κ1) is 31.2. The van der Waals surface area contributed by atoms with Crippen molar-refractivity contribution in [1.29, 1.82) is 0 Å². The van der Waals surface area contributed by atoms with Crippen LogP contribution in [0.1, 0.15) is 70.6 Å². The maximum absolute atomic E-state index is 11.1. The highest BCUT2D eigenvalue weighted by molar-refractivity contribution is 7.85. The molecule has 1 aliphatic heterocycles. The summed E-state index contributed by atoms with van der Waals surface area (Å²) >= 11 is 0. The monoisotopic (exact) mass is 580 g/mol. The fraction of sp³-hybridized carbons (Fsp3) is 0.857. The number of nitrogens with zero attached hydrogens (tertiary/aromatic N) is 4. The minimum absolute atomic E-state index is 0.238. The minimum Gasteiger partial charge on any atom is -0.383 e. The molecule has 228 valence electrons. The second-order valence-corrected chi connectivity index (χ2v) is 13.6. The lowest BCUT2D eigenvalue weighted by Crippen LogP contribution is -2.34. The molecule has 3 fully saturated rings. The Hall–Kier alpha value is -1.73. The zero-order valence-electron chi connectivity index (χ0n) is 24.2. The number of anilines is 3. The molecule has 12 heteroatoms. The SMILES string of the molecule is Nc1cc(N2CCCN(CCS(=O)(=O)O)CC2)nc(NCC2CCC(CNCCCNC3CCCCC3)CC2)n1. The van der Waals surface area contributed by atoms with E-state index < -0.39 is 10.1 Å². The molecule has 0 unspecified atom stereocenters. The summed E-state index contributed by atoms with van der Waals surface area (Å²) in [4.78, 5) is 13.4. The molecule has 2 aliphatic carbocycles. The average molecular weight is 581 g/mol. The van der Waals surface area contributed by atoms with Crippen LogP contribution in [-0.2, 0) is 10.1 Å². The third-order valence-corrected chi connectivity index (χ3v) is 9.53. The van der Waals surface area contributed by atoms with Crippen LogP contribution < -0.4 is 26.6 Å². The molecule has 0 bridgehead atoms. The molecule has 1 saturated heterocycles. The van der Waals surface area contributed by atoms with Crippen LogP contribution in [0.15, 0.2) is 6.07 Å².